The average Bonchev–Trinajstić information content (AvgIpc) is 2.89. The third-order valence-corrected chi connectivity index (χ3v) is 3.70. The number of likely N-dealkylation sites (N-methyl/N-ethyl adjacent to an activating group) is 1. The Bertz CT molecular complexity index is 499. The Morgan fingerprint density at radius 3 is 2.74 bits per heavy atom. The van der Waals surface area contributed by atoms with Crippen LogP contribution in [-0.2, 0) is 6.54 Å². The molecule has 0 aliphatic carbocycles. The molecule has 0 aliphatic heterocycles. The van der Waals surface area contributed by atoms with Crippen LogP contribution in [0.2, 0.25) is 0 Å². The quantitative estimate of drug-likeness (QED) is 0.801. The van der Waals surface area contributed by atoms with Crippen LogP contribution in [0.1, 0.15) is 26.3 Å². The predicted molar refractivity (Wildman–Crippen MR) is 82.4 cm³/mol. The SMILES string of the molecule is CCN(CC)CC(C)NCc1ccc2[nH]ccc2c1. The zero-order valence-electron chi connectivity index (χ0n) is 12.2. The molecule has 2 rings (SSSR count). The second kappa shape index (κ2) is 6.73. The molecule has 3 nitrogen and oxygen atoms in total. The molecule has 104 valence electrons. The molecule has 1 aromatic heterocycles. The molecule has 0 spiro atoms. The second-order valence-corrected chi connectivity index (χ2v) is 5.17. The van der Waals surface area contributed by atoms with Crippen LogP contribution in [0.25, 0.3) is 10.9 Å². The second-order valence-electron chi connectivity index (χ2n) is 5.17. The van der Waals surface area contributed by atoms with Crippen molar-refractivity contribution in [3.05, 3.63) is 36.0 Å². The van der Waals surface area contributed by atoms with Gasteiger partial charge in [0.25, 0.3) is 0 Å². The van der Waals surface area contributed by atoms with Gasteiger partial charge in [-0.3, -0.25) is 0 Å². The fraction of sp³-hybridized carbons (Fsp3) is 0.500. The van der Waals surface area contributed by atoms with Gasteiger partial charge in [-0.15, -0.1) is 0 Å². The van der Waals surface area contributed by atoms with Crippen molar-refractivity contribution in [3.63, 3.8) is 0 Å². The number of aromatic amines is 1. The van der Waals surface area contributed by atoms with E-state index >= 15 is 0 Å². The van der Waals surface area contributed by atoms with Crippen molar-refractivity contribution in [1.29, 1.82) is 0 Å². The minimum absolute atomic E-state index is 0.516. The maximum absolute atomic E-state index is 3.60. The van der Waals surface area contributed by atoms with E-state index in [1.54, 1.807) is 0 Å². The van der Waals surface area contributed by atoms with Crippen LogP contribution in [0.4, 0.5) is 0 Å². The first kappa shape index (κ1) is 14.1. The molecule has 1 heterocycles. The van der Waals surface area contributed by atoms with E-state index in [1.165, 1.54) is 16.5 Å². The Balaban J connectivity index is 1.87. The van der Waals surface area contributed by atoms with Crippen molar-refractivity contribution >= 4 is 10.9 Å². The fourth-order valence-electron chi connectivity index (χ4n) is 2.44. The van der Waals surface area contributed by atoms with Gasteiger partial charge in [0, 0.05) is 30.8 Å². The number of rotatable bonds is 7. The summed E-state index contributed by atoms with van der Waals surface area (Å²) in [5.74, 6) is 0. The van der Waals surface area contributed by atoms with E-state index in [-0.39, 0.29) is 0 Å². The summed E-state index contributed by atoms with van der Waals surface area (Å²) in [7, 11) is 0. The van der Waals surface area contributed by atoms with Gasteiger partial charge in [-0.1, -0.05) is 19.9 Å². The summed E-state index contributed by atoms with van der Waals surface area (Å²) < 4.78 is 0. The van der Waals surface area contributed by atoms with Crippen LogP contribution >= 0.6 is 0 Å². The van der Waals surface area contributed by atoms with Gasteiger partial charge >= 0.3 is 0 Å². The van der Waals surface area contributed by atoms with Gasteiger partial charge in [-0.05, 0) is 49.2 Å². The van der Waals surface area contributed by atoms with Gasteiger partial charge in [-0.2, -0.15) is 0 Å². The summed E-state index contributed by atoms with van der Waals surface area (Å²) in [4.78, 5) is 5.68. The minimum atomic E-state index is 0.516. The van der Waals surface area contributed by atoms with Crippen LogP contribution < -0.4 is 5.32 Å². The molecule has 2 N–H and O–H groups in total. The molecule has 0 radical (unpaired) electrons. The third-order valence-electron chi connectivity index (χ3n) is 3.70. The molecular formula is C16H25N3. The molecule has 3 heteroatoms. The highest BCUT2D eigenvalue weighted by Gasteiger charge is 2.06. The standard InChI is InChI=1S/C16H25N3/c1-4-19(5-2)12-13(3)18-11-14-6-7-16-15(10-14)8-9-17-16/h6-10,13,17-18H,4-5,11-12H2,1-3H3. The summed E-state index contributed by atoms with van der Waals surface area (Å²) in [6.45, 7) is 11.0. The molecule has 0 fully saturated rings. The highest BCUT2D eigenvalue weighted by Crippen LogP contribution is 2.14. The van der Waals surface area contributed by atoms with Crippen molar-refractivity contribution in [3.8, 4) is 0 Å². The van der Waals surface area contributed by atoms with E-state index in [2.05, 4.69) is 60.2 Å². The molecule has 0 bridgehead atoms. The van der Waals surface area contributed by atoms with Gasteiger partial charge in [0.15, 0.2) is 0 Å². The lowest BCUT2D eigenvalue weighted by Crippen LogP contribution is -2.38. The number of fused-ring (bicyclic) bond motifs is 1. The summed E-state index contributed by atoms with van der Waals surface area (Å²) in [5.41, 5.74) is 2.55. The van der Waals surface area contributed by atoms with E-state index in [9.17, 15) is 0 Å². The number of H-pyrrole nitrogens is 1. The average molecular weight is 259 g/mol. The number of benzene rings is 1. The maximum Gasteiger partial charge on any atom is 0.0454 e. The third kappa shape index (κ3) is 3.82. The van der Waals surface area contributed by atoms with Gasteiger partial charge in [-0.25, -0.2) is 0 Å². The van der Waals surface area contributed by atoms with E-state index < -0.39 is 0 Å². The van der Waals surface area contributed by atoms with Crippen LogP contribution in [0.3, 0.4) is 0 Å². The Morgan fingerprint density at radius 2 is 2.00 bits per heavy atom. The van der Waals surface area contributed by atoms with Crippen LogP contribution in [-0.4, -0.2) is 35.6 Å². The smallest absolute Gasteiger partial charge is 0.0454 e. The zero-order valence-corrected chi connectivity index (χ0v) is 12.2. The van der Waals surface area contributed by atoms with Gasteiger partial charge in [0.1, 0.15) is 0 Å². The van der Waals surface area contributed by atoms with Gasteiger partial charge < -0.3 is 15.2 Å². The maximum atomic E-state index is 3.60. The van der Waals surface area contributed by atoms with E-state index in [0.717, 1.165) is 26.2 Å². The summed E-state index contributed by atoms with van der Waals surface area (Å²) in [5, 5.41) is 4.89. The van der Waals surface area contributed by atoms with Crippen LogP contribution in [0.5, 0.6) is 0 Å². The lowest BCUT2D eigenvalue weighted by Gasteiger charge is -2.23. The summed E-state index contributed by atoms with van der Waals surface area (Å²) in [6, 6.07) is 9.24. The molecule has 0 saturated carbocycles. The molecule has 1 atom stereocenters. The number of nitrogens with one attached hydrogen (secondary N) is 2. The predicted octanol–water partition coefficient (Wildman–Crippen LogP) is 2.99. The molecule has 0 aliphatic rings. The van der Waals surface area contributed by atoms with Crippen molar-refractivity contribution in [1.82, 2.24) is 15.2 Å². The van der Waals surface area contributed by atoms with Crippen molar-refractivity contribution in [2.24, 2.45) is 0 Å². The summed E-state index contributed by atoms with van der Waals surface area (Å²) >= 11 is 0. The Labute approximate surface area is 116 Å². The van der Waals surface area contributed by atoms with Crippen LogP contribution in [0, 0.1) is 0 Å². The summed E-state index contributed by atoms with van der Waals surface area (Å²) in [6.07, 6.45) is 1.99. The highest BCUT2D eigenvalue weighted by atomic mass is 15.1. The van der Waals surface area contributed by atoms with E-state index in [4.69, 9.17) is 0 Å². The monoisotopic (exact) mass is 259 g/mol. The molecule has 0 saturated heterocycles. The topological polar surface area (TPSA) is 31.1 Å². The molecule has 0 amide bonds. The lowest BCUT2D eigenvalue weighted by atomic mass is 10.1. The first-order valence-electron chi connectivity index (χ1n) is 7.24. The van der Waals surface area contributed by atoms with Gasteiger partial charge in [0.05, 0.1) is 0 Å². The van der Waals surface area contributed by atoms with Crippen LogP contribution in [0.15, 0.2) is 30.5 Å². The number of nitrogens with zero attached hydrogens (tertiary/aromatic N) is 1. The first-order chi connectivity index (χ1) is 9.22. The number of aromatic nitrogens is 1. The molecule has 1 unspecified atom stereocenters. The first-order valence-corrected chi connectivity index (χ1v) is 7.24. The van der Waals surface area contributed by atoms with Crippen molar-refractivity contribution < 1.29 is 0 Å². The van der Waals surface area contributed by atoms with E-state index in [1.807, 2.05) is 6.20 Å². The van der Waals surface area contributed by atoms with Crippen molar-refractivity contribution in [2.75, 3.05) is 19.6 Å². The Kier molecular flexibility index (Phi) is 5.00. The normalized spacial score (nSPS) is 13.3. The lowest BCUT2D eigenvalue weighted by molar-refractivity contribution is 0.270. The number of hydrogen-bond acceptors (Lipinski definition) is 2. The molecular weight excluding hydrogens is 234 g/mol. The highest BCUT2D eigenvalue weighted by molar-refractivity contribution is 5.79. The Hall–Kier alpha value is -1.32. The molecule has 2 aromatic rings. The van der Waals surface area contributed by atoms with Crippen molar-refractivity contribution in [2.45, 2.75) is 33.4 Å². The fourth-order valence-corrected chi connectivity index (χ4v) is 2.44. The zero-order chi connectivity index (χ0) is 13.7. The minimum Gasteiger partial charge on any atom is -0.361 e. The Morgan fingerprint density at radius 1 is 1.21 bits per heavy atom. The largest absolute Gasteiger partial charge is 0.361 e. The molecule has 1 aromatic carbocycles. The molecule has 19 heavy (non-hydrogen) atoms. The van der Waals surface area contributed by atoms with Gasteiger partial charge in [0.2, 0.25) is 0 Å². The number of hydrogen-bond donors (Lipinski definition) is 2. The van der Waals surface area contributed by atoms with E-state index in [0.29, 0.717) is 6.04 Å².